The summed E-state index contributed by atoms with van der Waals surface area (Å²) in [7, 11) is 2.16. The summed E-state index contributed by atoms with van der Waals surface area (Å²) >= 11 is 2.10. The van der Waals surface area contributed by atoms with Crippen LogP contribution >= 0.6 is 11.8 Å². The molecule has 21 heavy (non-hydrogen) atoms. The van der Waals surface area contributed by atoms with Gasteiger partial charge < -0.3 is 14.8 Å². The largest absolute Gasteiger partial charge is 0.375 e. The van der Waals surface area contributed by atoms with Gasteiger partial charge in [-0.15, -0.1) is 0 Å². The highest BCUT2D eigenvalue weighted by Crippen LogP contribution is 2.46. The van der Waals surface area contributed by atoms with E-state index in [2.05, 4.69) is 24.1 Å². The highest BCUT2D eigenvalue weighted by atomic mass is 32.2. The Bertz CT molecular complexity index is 366. The van der Waals surface area contributed by atoms with E-state index in [9.17, 15) is 0 Å². The maximum Gasteiger partial charge on any atom is 0.0701 e. The smallest absolute Gasteiger partial charge is 0.0701 e. The molecule has 0 aromatic carbocycles. The number of rotatable bonds is 3. The van der Waals surface area contributed by atoms with E-state index >= 15 is 0 Å². The maximum absolute atomic E-state index is 6.28. The van der Waals surface area contributed by atoms with Crippen molar-refractivity contribution >= 4 is 11.8 Å². The summed E-state index contributed by atoms with van der Waals surface area (Å²) in [4.78, 5) is 0. The molecule has 120 valence electrons. The van der Waals surface area contributed by atoms with Crippen LogP contribution < -0.4 is 5.32 Å². The van der Waals surface area contributed by atoms with Crippen molar-refractivity contribution in [3.63, 3.8) is 0 Å². The van der Waals surface area contributed by atoms with Gasteiger partial charge in [-0.05, 0) is 69.4 Å². The molecular formula is C17H29NO2S. The lowest BCUT2D eigenvalue weighted by Crippen LogP contribution is -2.51. The van der Waals surface area contributed by atoms with Crippen LogP contribution in [-0.2, 0) is 9.47 Å². The Hall–Kier alpha value is 0.230. The van der Waals surface area contributed by atoms with E-state index < -0.39 is 0 Å². The van der Waals surface area contributed by atoms with Crippen LogP contribution in [0.2, 0.25) is 0 Å². The molecule has 5 unspecified atom stereocenters. The standard InChI is InChI=1S/C17H29NO2S/c1-18-16(14-10-13-2-3-15(14)20-13)12-4-7-19-17(11-12)5-8-21-9-6-17/h12-16,18H,2-11H2,1H3. The van der Waals surface area contributed by atoms with Gasteiger partial charge in [0.25, 0.3) is 0 Å². The number of hydrogen-bond acceptors (Lipinski definition) is 4. The van der Waals surface area contributed by atoms with Gasteiger partial charge in [0, 0.05) is 18.6 Å². The van der Waals surface area contributed by atoms with Crippen LogP contribution in [0, 0.1) is 11.8 Å². The van der Waals surface area contributed by atoms with E-state index in [1.165, 1.54) is 56.5 Å². The second-order valence-corrected chi connectivity index (χ2v) is 8.71. The first-order chi connectivity index (χ1) is 10.3. The first-order valence-corrected chi connectivity index (χ1v) is 10.00. The third kappa shape index (κ3) is 2.77. The highest BCUT2D eigenvalue weighted by molar-refractivity contribution is 7.99. The van der Waals surface area contributed by atoms with Gasteiger partial charge in [0.2, 0.25) is 0 Å². The van der Waals surface area contributed by atoms with Gasteiger partial charge in [-0.2, -0.15) is 11.8 Å². The zero-order valence-corrected chi connectivity index (χ0v) is 14.0. The minimum Gasteiger partial charge on any atom is -0.375 e. The molecule has 5 atom stereocenters. The van der Waals surface area contributed by atoms with Crippen LogP contribution in [0.15, 0.2) is 0 Å². The molecule has 1 N–H and O–H groups in total. The van der Waals surface area contributed by atoms with Crippen molar-refractivity contribution in [2.24, 2.45) is 11.8 Å². The third-order valence-corrected chi connectivity index (χ3v) is 7.38. The van der Waals surface area contributed by atoms with E-state index in [0.29, 0.717) is 18.2 Å². The van der Waals surface area contributed by atoms with Gasteiger partial charge in [0.15, 0.2) is 0 Å². The summed E-state index contributed by atoms with van der Waals surface area (Å²) in [6.45, 7) is 0.967. The summed E-state index contributed by atoms with van der Waals surface area (Å²) < 4.78 is 12.4. The second-order valence-electron chi connectivity index (χ2n) is 7.48. The van der Waals surface area contributed by atoms with E-state index in [0.717, 1.165) is 18.4 Å². The predicted octanol–water partition coefficient (Wildman–Crippen LogP) is 2.83. The van der Waals surface area contributed by atoms with Gasteiger partial charge >= 0.3 is 0 Å². The third-order valence-electron chi connectivity index (χ3n) is 6.39. The summed E-state index contributed by atoms with van der Waals surface area (Å²) in [6.07, 6.45) is 10.0. The Labute approximate surface area is 132 Å². The molecule has 4 rings (SSSR count). The molecule has 4 heterocycles. The van der Waals surface area contributed by atoms with Crippen LogP contribution in [0.1, 0.15) is 44.9 Å². The molecule has 0 aliphatic carbocycles. The topological polar surface area (TPSA) is 30.5 Å². The van der Waals surface area contributed by atoms with Crippen molar-refractivity contribution in [1.82, 2.24) is 5.32 Å². The normalized spacial score (nSPS) is 43.3. The Balaban J connectivity index is 1.46. The first-order valence-electron chi connectivity index (χ1n) is 8.84. The zero-order valence-electron chi connectivity index (χ0n) is 13.2. The summed E-state index contributed by atoms with van der Waals surface area (Å²) in [5.41, 5.74) is 0.210. The monoisotopic (exact) mass is 311 g/mol. The number of thioether (sulfide) groups is 1. The molecule has 1 spiro atoms. The van der Waals surface area contributed by atoms with Crippen molar-refractivity contribution in [1.29, 1.82) is 0 Å². The van der Waals surface area contributed by atoms with Gasteiger partial charge in [-0.3, -0.25) is 0 Å². The summed E-state index contributed by atoms with van der Waals surface area (Å²) in [6, 6.07) is 0.635. The average Bonchev–Trinajstić information content (AvgIpc) is 3.12. The van der Waals surface area contributed by atoms with E-state index in [-0.39, 0.29) is 5.60 Å². The number of ether oxygens (including phenoxy) is 2. The Kier molecular flexibility index (Phi) is 4.25. The quantitative estimate of drug-likeness (QED) is 0.868. The van der Waals surface area contributed by atoms with Crippen molar-refractivity contribution in [3.8, 4) is 0 Å². The van der Waals surface area contributed by atoms with E-state index in [1.54, 1.807) is 0 Å². The minimum atomic E-state index is 0.210. The lowest BCUT2D eigenvalue weighted by atomic mass is 9.72. The highest BCUT2D eigenvalue weighted by Gasteiger charge is 2.48. The van der Waals surface area contributed by atoms with Crippen LogP contribution in [0.25, 0.3) is 0 Å². The van der Waals surface area contributed by atoms with Gasteiger partial charge in [-0.1, -0.05) is 0 Å². The van der Waals surface area contributed by atoms with Crippen LogP contribution in [-0.4, -0.2) is 49.0 Å². The molecule has 2 bridgehead atoms. The van der Waals surface area contributed by atoms with Crippen LogP contribution in [0.3, 0.4) is 0 Å². The lowest BCUT2D eigenvalue weighted by Gasteiger charge is -2.47. The van der Waals surface area contributed by atoms with Crippen molar-refractivity contribution in [3.05, 3.63) is 0 Å². The van der Waals surface area contributed by atoms with E-state index in [4.69, 9.17) is 9.47 Å². The predicted molar refractivity (Wildman–Crippen MR) is 86.8 cm³/mol. The second kappa shape index (κ2) is 6.03. The van der Waals surface area contributed by atoms with Gasteiger partial charge in [0.05, 0.1) is 17.8 Å². The van der Waals surface area contributed by atoms with Crippen molar-refractivity contribution < 1.29 is 9.47 Å². The molecule has 0 aromatic heterocycles. The van der Waals surface area contributed by atoms with Crippen LogP contribution in [0.4, 0.5) is 0 Å². The fourth-order valence-corrected chi connectivity index (χ4v) is 6.56. The fourth-order valence-electron chi connectivity index (χ4n) is 5.32. The van der Waals surface area contributed by atoms with Crippen molar-refractivity contribution in [2.75, 3.05) is 25.2 Å². The molecule has 4 fully saturated rings. The minimum absolute atomic E-state index is 0.210. The number of nitrogens with one attached hydrogen (secondary N) is 1. The number of hydrogen-bond donors (Lipinski definition) is 1. The molecule has 0 aromatic rings. The number of fused-ring (bicyclic) bond motifs is 2. The van der Waals surface area contributed by atoms with Crippen LogP contribution in [0.5, 0.6) is 0 Å². The molecule has 0 amide bonds. The molecular weight excluding hydrogens is 282 g/mol. The molecule has 4 saturated heterocycles. The zero-order chi connectivity index (χ0) is 14.3. The fraction of sp³-hybridized carbons (Fsp3) is 1.00. The molecule has 4 aliphatic heterocycles. The Morgan fingerprint density at radius 3 is 2.71 bits per heavy atom. The molecule has 0 radical (unpaired) electrons. The average molecular weight is 311 g/mol. The molecule has 4 aliphatic rings. The SMILES string of the molecule is CNC(C1CCOC2(CCSCC2)C1)C1CC2CCC1O2. The first kappa shape index (κ1) is 14.8. The molecule has 0 saturated carbocycles. The Morgan fingerprint density at radius 1 is 1.19 bits per heavy atom. The Morgan fingerprint density at radius 2 is 2.05 bits per heavy atom. The maximum atomic E-state index is 6.28. The summed E-state index contributed by atoms with van der Waals surface area (Å²) in [5.74, 6) is 4.09. The van der Waals surface area contributed by atoms with E-state index in [1.807, 2.05) is 0 Å². The molecule has 3 nitrogen and oxygen atoms in total. The lowest BCUT2D eigenvalue weighted by molar-refractivity contribution is -0.111. The van der Waals surface area contributed by atoms with Crippen molar-refractivity contribution in [2.45, 2.75) is 68.8 Å². The molecule has 4 heteroatoms. The summed E-state index contributed by atoms with van der Waals surface area (Å²) in [5, 5.41) is 3.68. The van der Waals surface area contributed by atoms with Gasteiger partial charge in [-0.25, -0.2) is 0 Å². The van der Waals surface area contributed by atoms with Gasteiger partial charge in [0.1, 0.15) is 0 Å².